The van der Waals surface area contributed by atoms with Gasteiger partial charge in [0, 0.05) is 11.5 Å². The number of aliphatic hydroxyl groups excluding tert-OH is 1. The van der Waals surface area contributed by atoms with E-state index < -0.39 is 0 Å². The molecule has 0 bridgehead atoms. The molecule has 2 N–H and O–H groups in total. The van der Waals surface area contributed by atoms with Crippen LogP contribution in [0.1, 0.15) is 31.4 Å². The lowest BCUT2D eigenvalue weighted by molar-refractivity contribution is -0.127. The molecule has 2 aromatic rings. The molecule has 2 atom stereocenters. The summed E-state index contributed by atoms with van der Waals surface area (Å²) < 4.78 is 5.76. The van der Waals surface area contributed by atoms with E-state index >= 15 is 0 Å². The monoisotopic (exact) mass is 299 g/mol. The summed E-state index contributed by atoms with van der Waals surface area (Å²) in [4.78, 5) is 12.1. The normalized spacial score (nSPS) is 21.5. The lowest BCUT2D eigenvalue weighted by Gasteiger charge is -2.24. The van der Waals surface area contributed by atoms with Gasteiger partial charge in [-0.1, -0.05) is 36.8 Å². The quantitative estimate of drug-likeness (QED) is 0.912. The first-order chi connectivity index (χ1) is 10.7. The number of furan rings is 1. The summed E-state index contributed by atoms with van der Waals surface area (Å²) in [6.45, 7) is 0.387. The first-order valence-corrected chi connectivity index (χ1v) is 7.82. The van der Waals surface area contributed by atoms with Crippen LogP contribution in [0.3, 0.4) is 0 Å². The summed E-state index contributed by atoms with van der Waals surface area (Å²) in [5.74, 6) is 1.48. The summed E-state index contributed by atoms with van der Waals surface area (Å²) >= 11 is 0. The maximum absolute atomic E-state index is 12.1. The van der Waals surface area contributed by atoms with Gasteiger partial charge in [-0.2, -0.15) is 0 Å². The van der Waals surface area contributed by atoms with Crippen molar-refractivity contribution in [3.05, 3.63) is 48.2 Å². The van der Waals surface area contributed by atoms with E-state index in [1.54, 1.807) is 0 Å². The second-order valence-electron chi connectivity index (χ2n) is 5.87. The van der Waals surface area contributed by atoms with Gasteiger partial charge in [0.15, 0.2) is 0 Å². The Labute approximate surface area is 130 Å². The number of amides is 1. The van der Waals surface area contributed by atoms with Gasteiger partial charge < -0.3 is 14.8 Å². The van der Waals surface area contributed by atoms with Gasteiger partial charge >= 0.3 is 0 Å². The summed E-state index contributed by atoms with van der Waals surface area (Å²) in [5, 5.41) is 12.6. The van der Waals surface area contributed by atoms with Crippen molar-refractivity contribution in [2.24, 2.45) is 5.92 Å². The second-order valence-corrected chi connectivity index (χ2v) is 5.87. The SMILES string of the molecule is O=C(NCc1ccc(-c2ccccc2)o1)[C@H]1CCC[C@H](O)C1. The van der Waals surface area contributed by atoms with Gasteiger partial charge in [-0.15, -0.1) is 0 Å². The smallest absolute Gasteiger partial charge is 0.223 e. The van der Waals surface area contributed by atoms with E-state index in [1.807, 2.05) is 42.5 Å². The van der Waals surface area contributed by atoms with E-state index in [2.05, 4.69) is 5.32 Å². The van der Waals surface area contributed by atoms with E-state index in [0.717, 1.165) is 36.3 Å². The molecule has 22 heavy (non-hydrogen) atoms. The maximum atomic E-state index is 12.1. The highest BCUT2D eigenvalue weighted by Gasteiger charge is 2.25. The third-order valence-electron chi connectivity index (χ3n) is 4.17. The Hall–Kier alpha value is -2.07. The predicted octanol–water partition coefficient (Wildman–Crippen LogP) is 3.11. The molecular formula is C18H21NO3. The molecule has 1 fully saturated rings. The van der Waals surface area contributed by atoms with Gasteiger partial charge in [-0.25, -0.2) is 0 Å². The van der Waals surface area contributed by atoms with Crippen molar-refractivity contribution in [2.75, 3.05) is 0 Å². The van der Waals surface area contributed by atoms with Crippen molar-refractivity contribution in [2.45, 2.75) is 38.3 Å². The molecule has 0 saturated heterocycles. The van der Waals surface area contributed by atoms with Crippen LogP contribution < -0.4 is 5.32 Å². The summed E-state index contributed by atoms with van der Waals surface area (Å²) in [6, 6.07) is 13.7. The molecule has 3 rings (SSSR count). The Balaban J connectivity index is 1.56. The Morgan fingerprint density at radius 2 is 2.00 bits per heavy atom. The molecule has 0 spiro atoms. The molecule has 1 heterocycles. The highest BCUT2D eigenvalue weighted by Crippen LogP contribution is 2.25. The minimum absolute atomic E-state index is 0.0106. The van der Waals surface area contributed by atoms with Gasteiger partial charge in [0.1, 0.15) is 11.5 Å². The summed E-state index contributed by atoms with van der Waals surface area (Å²) in [5.41, 5.74) is 1.02. The van der Waals surface area contributed by atoms with Crippen molar-refractivity contribution in [1.82, 2.24) is 5.32 Å². The maximum Gasteiger partial charge on any atom is 0.223 e. The van der Waals surface area contributed by atoms with E-state index in [0.29, 0.717) is 13.0 Å². The molecule has 1 aromatic heterocycles. The van der Waals surface area contributed by atoms with Crippen LogP contribution in [0.25, 0.3) is 11.3 Å². The Morgan fingerprint density at radius 1 is 1.18 bits per heavy atom. The van der Waals surface area contributed by atoms with Crippen molar-refractivity contribution in [3.63, 3.8) is 0 Å². The topological polar surface area (TPSA) is 62.5 Å². The van der Waals surface area contributed by atoms with Crippen molar-refractivity contribution >= 4 is 5.91 Å². The number of carbonyl (C=O) groups is 1. The predicted molar refractivity (Wildman–Crippen MR) is 84.0 cm³/mol. The van der Waals surface area contributed by atoms with Gasteiger partial charge in [0.25, 0.3) is 0 Å². The fraction of sp³-hybridized carbons (Fsp3) is 0.389. The van der Waals surface area contributed by atoms with Crippen LogP contribution in [0, 0.1) is 5.92 Å². The first kappa shape index (κ1) is 14.9. The van der Waals surface area contributed by atoms with Crippen LogP contribution in [-0.4, -0.2) is 17.1 Å². The van der Waals surface area contributed by atoms with E-state index in [-0.39, 0.29) is 17.9 Å². The van der Waals surface area contributed by atoms with Crippen LogP contribution in [0.15, 0.2) is 46.9 Å². The molecular weight excluding hydrogens is 278 g/mol. The van der Waals surface area contributed by atoms with Crippen LogP contribution in [-0.2, 0) is 11.3 Å². The Bertz CT molecular complexity index is 620. The highest BCUT2D eigenvalue weighted by atomic mass is 16.3. The average Bonchev–Trinajstić information content (AvgIpc) is 3.02. The Morgan fingerprint density at radius 3 is 2.77 bits per heavy atom. The zero-order chi connectivity index (χ0) is 15.4. The molecule has 1 aliphatic rings. The second kappa shape index (κ2) is 6.79. The molecule has 1 aliphatic carbocycles. The third-order valence-corrected chi connectivity index (χ3v) is 4.17. The molecule has 116 valence electrons. The van der Waals surface area contributed by atoms with Crippen molar-refractivity contribution in [1.29, 1.82) is 0 Å². The summed E-state index contributed by atoms with van der Waals surface area (Å²) in [6.07, 6.45) is 2.81. The minimum atomic E-state index is -0.335. The molecule has 4 nitrogen and oxygen atoms in total. The molecule has 0 unspecified atom stereocenters. The fourth-order valence-corrected chi connectivity index (χ4v) is 2.95. The highest BCUT2D eigenvalue weighted by molar-refractivity contribution is 5.78. The van der Waals surface area contributed by atoms with E-state index in [9.17, 15) is 9.90 Å². The number of rotatable bonds is 4. The van der Waals surface area contributed by atoms with Crippen molar-refractivity contribution < 1.29 is 14.3 Å². The Kier molecular flexibility index (Phi) is 4.59. The number of nitrogens with one attached hydrogen (secondary N) is 1. The lowest BCUT2D eigenvalue weighted by atomic mass is 9.87. The minimum Gasteiger partial charge on any atom is -0.459 e. The first-order valence-electron chi connectivity index (χ1n) is 7.82. The number of hydrogen-bond acceptors (Lipinski definition) is 3. The standard InChI is InChI=1S/C18H21NO3/c20-15-8-4-7-14(11-15)18(21)19-12-16-9-10-17(22-16)13-5-2-1-3-6-13/h1-3,5-6,9-10,14-15,20H,4,7-8,11-12H2,(H,19,21)/t14-,15-/m0/s1. The molecule has 4 heteroatoms. The molecule has 1 aromatic carbocycles. The number of hydrogen-bond donors (Lipinski definition) is 2. The van der Waals surface area contributed by atoms with Crippen LogP contribution in [0.2, 0.25) is 0 Å². The molecule has 1 saturated carbocycles. The largest absolute Gasteiger partial charge is 0.459 e. The number of benzene rings is 1. The summed E-state index contributed by atoms with van der Waals surface area (Å²) in [7, 11) is 0. The average molecular weight is 299 g/mol. The number of carbonyl (C=O) groups excluding carboxylic acids is 1. The van der Waals surface area contributed by atoms with Gasteiger partial charge in [0.2, 0.25) is 5.91 Å². The molecule has 0 radical (unpaired) electrons. The zero-order valence-corrected chi connectivity index (χ0v) is 12.5. The fourth-order valence-electron chi connectivity index (χ4n) is 2.95. The molecule has 0 aliphatic heterocycles. The van der Waals surface area contributed by atoms with Crippen LogP contribution >= 0.6 is 0 Å². The number of aliphatic hydroxyl groups is 1. The van der Waals surface area contributed by atoms with Crippen LogP contribution in [0.4, 0.5) is 0 Å². The zero-order valence-electron chi connectivity index (χ0n) is 12.5. The lowest BCUT2D eigenvalue weighted by Crippen LogP contribution is -2.34. The van der Waals surface area contributed by atoms with Crippen LogP contribution in [0.5, 0.6) is 0 Å². The van der Waals surface area contributed by atoms with Gasteiger partial charge in [-0.05, 0) is 31.4 Å². The van der Waals surface area contributed by atoms with Gasteiger partial charge in [-0.3, -0.25) is 4.79 Å². The van der Waals surface area contributed by atoms with Crippen molar-refractivity contribution in [3.8, 4) is 11.3 Å². The van der Waals surface area contributed by atoms with Gasteiger partial charge in [0.05, 0.1) is 12.6 Å². The third kappa shape index (κ3) is 3.57. The van der Waals surface area contributed by atoms with E-state index in [1.165, 1.54) is 0 Å². The van der Waals surface area contributed by atoms with E-state index in [4.69, 9.17) is 4.42 Å². The molecule has 1 amide bonds.